The molecule has 0 amide bonds. The molecule has 3 rings (SSSR count). The van der Waals surface area contributed by atoms with Crippen LogP contribution in [-0.4, -0.2) is 33.4 Å². The Labute approximate surface area is 105 Å². The van der Waals surface area contributed by atoms with Crippen LogP contribution in [0.5, 0.6) is 0 Å². The van der Waals surface area contributed by atoms with E-state index in [-0.39, 0.29) is 6.04 Å². The summed E-state index contributed by atoms with van der Waals surface area (Å²) in [6.07, 6.45) is 0.934. The Bertz CT molecular complexity index is 559. The van der Waals surface area contributed by atoms with E-state index in [2.05, 4.69) is 15.5 Å². The van der Waals surface area contributed by atoms with Gasteiger partial charge in [0.2, 0.25) is 0 Å². The summed E-state index contributed by atoms with van der Waals surface area (Å²) in [5.41, 5.74) is 8.72. The average molecular weight is 245 g/mol. The van der Waals surface area contributed by atoms with Crippen LogP contribution in [0.1, 0.15) is 18.0 Å². The number of tetrazole rings is 1. The number of hydrogen-bond acceptors (Lipinski definition) is 5. The van der Waals surface area contributed by atoms with Crippen LogP contribution in [0.3, 0.4) is 0 Å². The summed E-state index contributed by atoms with van der Waals surface area (Å²) < 4.78 is 7.20. The minimum Gasteiger partial charge on any atom is -0.398 e. The first-order valence-electron chi connectivity index (χ1n) is 5.98. The largest absolute Gasteiger partial charge is 0.398 e. The Morgan fingerprint density at radius 3 is 3.11 bits per heavy atom. The Kier molecular flexibility index (Phi) is 2.71. The summed E-state index contributed by atoms with van der Waals surface area (Å²) in [6, 6.07) is 6.07. The van der Waals surface area contributed by atoms with Gasteiger partial charge in [-0.3, -0.25) is 0 Å². The summed E-state index contributed by atoms with van der Waals surface area (Å²) >= 11 is 0. The van der Waals surface area contributed by atoms with Crippen LogP contribution in [0, 0.1) is 6.92 Å². The zero-order valence-electron chi connectivity index (χ0n) is 10.2. The van der Waals surface area contributed by atoms with Gasteiger partial charge >= 0.3 is 0 Å². The molecule has 0 bridgehead atoms. The van der Waals surface area contributed by atoms with E-state index < -0.39 is 0 Å². The monoisotopic (exact) mass is 245 g/mol. The summed E-state index contributed by atoms with van der Waals surface area (Å²) in [5.74, 6) is 0.715. The van der Waals surface area contributed by atoms with Crippen molar-refractivity contribution in [1.82, 2.24) is 20.2 Å². The third-order valence-corrected chi connectivity index (χ3v) is 3.19. The molecular weight excluding hydrogens is 230 g/mol. The van der Waals surface area contributed by atoms with E-state index in [9.17, 15) is 0 Å². The molecule has 18 heavy (non-hydrogen) atoms. The van der Waals surface area contributed by atoms with Crippen molar-refractivity contribution in [1.29, 1.82) is 0 Å². The fraction of sp³-hybridized carbons (Fsp3) is 0.417. The second-order valence-electron chi connectivity index (χ2n) is 4.56. The second kappa shape index (κ2) is 4.38. The van der Waals surface area contributed by atoms with E-state index in [4.69, 9.17) is 10.5 Å². The van der Waals surface area contributed by atoms with Crippen LogP contribution < -0.4 is 5.73 Å². The highest BCUT2D eigenvalue weighted by Gasteiger charge is 2.23. The topological polar surface area (TPSA) is 78.9 Å². The smallest absolute Gasteiger partial charge is 0.184 e. The van der Waals surface area contributed by atoms with E-state index >= 15 is 0 Å². The number of nitrogens with two attached hydrogens (primary N) is 1. The van der Waals surface area contributed by atoms with Crippen molar-refractivity contribution < 1.29 is 4.74 Å². The van der Waals surface area contributed by atoms with Gasteiger partial charge in [-0.15, -0.1) is 5.10 Å². The fourth-order valence-corrected chi connectivity index (χ4v) is 2.20. The number of ether oxygens (including phenoxy) is 1. The second-order valence-corrected chi connectivity index (χ2v) is 4.56. The van der Waals surface area contributed by atoms with Gasteiger partial charge in [-0.2, -0.15) is 0 Å². The molecule has 0 aliphatic carbocycles. The lowest BCUT2D eigenvalue weighted by Crippen LogP contribution is -2.12. The molecular formula is C12H15N5O. The van der Waals surface area contributed by atoms with Crippen molar-refractivity contribution in [2.75, 3.05) is 18.9 Å². The van der Waals surface area contributed by atoms with Crippen LogP contribution in [0.4, 0.5) is 5.69 Å². The van der Waals surface area contributed by atoms with Gasteiger partial charge in [0.25, 0.3) is 0 Å². The predicted molar refractivity (Wildman–Crippen MR) is 66.9 cm³/mol. The van der Waals surface area contributed by atoms with Gasteiger partial charge in [0, 0.05) is 17.9 Å². The molecule has 2 aromatic rings. The average Bonchev–Trinajstić information content (AvgIpc) is 3.00. The van der Waals surface area contributed by atoms with Crippen LogP contribution in [-0.2, 0) is 4.74 Å². The molecule has 1 atom stereocenters. The van der Waals surface area contributed by atoms with Gasteiger partial charge in [0.15, 0.2) is 5.82 Å². The molecule has 0 radical (unpaired) electrons. The van der Waals surface area contributed by atoms with Gasteiger partial charge in [0.1, 0.15) is 0 Å². The molecule has 1 aliphatic rings. The number of aromatic nitrogens is 4. The summed E-state index contributed by atoms with van der Waals surface area (Å²) in [6.45, 7) is 3.44. The molecule has 1 unspecified atom stereocenters. The SMILES string of the molecule is Cc1ccc(N)c(-c2nnnn2C2CCOC2)c1. The van der Waals surface area contributed by atoms with Crippen LogP contribution in [0.2, 0.25) is 0 Å². The molecule has 0 spiro atoms. The number of nitrogen functional groups attached to an aromatic ring is 1. The van der Waals surface area contributed by atoms with E-state index in [1.807, 2.05) is 29.8 Å². The Balaban J connectivity index is 2.06. The maximum Gasteiger partial charge on any atom is 0.184 e. The number of anilines is 1. The lowest BCUT2D eigenvalue weighted by molar-refractivity contribution is 0.184. The van der Waals surface area contributed by atoms with Gasteiger partial charge in [-0.05, 0) is 35.9 Å². The Hall–Kier alpha value is -1.95. The predicted octanol–water partition coefficient (Wildman–Crippen LogP) is 1.19. The summed E-state index contributed by atoms with van der Waals surface area (Å²) in [7, 11) is 0. The number of benzene rings is 1. The summed E-state index contributed by atoms with van der Waals surface area (Å²) in [5, 5.41) is 11.9. The lowest BCUT2D eigenvalue weighted by atomic mass is 10.1. The highest BCUT2D eigenvalue weighted by molar-refractivity contribution is 5.72. The zero-order valence-corrected chi connectivity index (χ0v) is 10.2. The molecule has 1 aliphatic heterocycles. The first-order valence-corrected chi connectivity index (χ1v) is 5.98. The molecule has 6 heteroatoms. The maximum atomic E-state index is 6.01. The molecule has 1 aromatic heterocycles. The number of aryl methyl sites for hydroxylation is 1. The minimum absolute atomic E-state index is 0.204. The van der Waals surface area contributed by atoms with E-state index in [0.29, 0.717) is 18.1 Å². The first-order chi connectivity index (χ1) is 8.75. The lowest BCUT2D eigenvalue weighted by Gasteiger charge is -2.11. The van der Waals surface area contributed by atoms with E-state index in [0.717, 1.165) is 24.2 Å². The van der Waals surface area contributed by atoms with Crippen LogP contribution in [0.15, 0.2) is 18.2 Å². The molecule has 2 heterocycles. The van der Waals surface area contributed by atoms with Gasteiger partial charge in [-0.1, -0.05) is 11.6 Å². The van der Waals surface area contributed by atoms with Gasteiger partial charge in [0.05, 0.1) is 12.6 Å². The number of hydrogen-bond donors (Lipinski definition) is 1. The highest BCUT2D eigenvalue weighted by atomic mass is 16.5. The molecule has 94 valence electrons. The maximum absolute atomic E-state index is 6.01. The van der Waals surface area contributed by atoms with Crippen LogP contribution >= 0.6 is 0 Å². The van der Waals surface area contributed by atoms with E-state index in [1.165, 1.54) is 0 Å². The minimum atomic E-state index is 0.204. The number of nitrogens with zero attached hydrogens (tertiary/aromatic N) is 4. The molecule has 2 N–H and O–H groups in total. The normalized spacial score (nSPS) is 19.3. The van der Waals surface area contributed by atoms with Crippen molar-refractivity contribution in [3.63, 3.8) is 0 Å². The highest BCUT2D eigenvalue weighted by Crippen LogP contribution is 2.28. The third-order valence-electron chi connectivity index (χ3n) is 3.19. The van der Waals surface area contributed by atoms with Crippen molar-refractivity contribution in [3.05, 3.63) is 23.8 Å². The first kappa shape index (κ1) is 11.2. The molecule has 1 saturated heterocycles. The van der Waals surface area contributed by atoms with Crippen molar-refractivity contribution >= 4 is 5.69 Å². The Morgan fingerprint density at radius 1 is 1.44 bits per heavy atom. The fourth-order valence-electron chi connectivity index (χ4n) is 2.20. The van der Waals surface area contributed by atoms with Crippen molar-refractivity contribution in [2.45, 2.75) is 19.4 Å². The third kappa shape index (κ3) is 1.84. The van der Waals surface area contributed by atoms with Gasteiger partial charge < -0.3 is 10.5 Å². The summed E-state index contributed by atoms with van der Waals surface area (Å²) in [4.78, 5) is 0. The quantitative estimate of drug-likeness (QED) is 0.804. The standard InChI is InChI=1S/C12H15N5O/c1-8-2-3-11(13)10(6-8)12-14-15-16-17(12)9-4-5-18-7-9/h2-3,6,9H,4-5,7,13H2,1H3. The molecule has 1 fully saturated rings. The molecule has 1 aromatic carbocycles. The Morgan fingerprint density at radius 2 is 2.33 bits per heavy atom. The molecule has 6 nitrogen and oxygen atoms in total. The van der Waals surface area contributed by atoms with Crippen LogP contribution in [0.25, 0.3) is 11.4 Å². The van der Waals surface area contributed by atoms with E-state index in [1.54, 1.807) is 0 Å². The van der Waals surface area contributed by atoms with Crippen molar-refractivity contribution in [3.8, 4) is 11.4 Å². The van der Waals surface area contributed by atoms with Gasteiger partial charge in [-0.25, -0.2) is 4.68 Å². The van der Waals surface area contributed by atoms with Crippen molar-refractivity contribution in [2.24, 2.45) is 0 Å². The number of rotatable bonds is 2. The molecule has 0 saturated carbocycles. The zero-order chi connectivity index (χ0) is 12.5.